The number of aryl methyl sites for hydroxylation is 1. The number of methoxy groups -OCH3 is 3. The third-order valence-corrected chi connectivity index (χ3v) is 4.40. The highest BCUT2D eigenvalue weighted by Gasteiger charge is 2.28. The van der Waals surface area contributed by atoms with Crippen LogP contribution in [0.25, 0.3) is 0 Å². The van der Waals surface area contributed by atoms with Crippen LogP contribution < -0.4 is 14.8 Å². The Hall–Kier alpha value is -2.24. The highest BCUT2D eigenvalue weighted by atomic mass is 16.5. The van der Waals surface area contributed by atoms with Crippen molar-refractivity contribution in [1.82, 2.24) is 5.32 Å². The minimum absolute atomic E-state index is 0.0581. The molecule has 1 N–H and O–H groups in total. The lowest BCUT2D eigenvalue weighted by atomic mass is 9.94. The summed E-state index contributed by atoms with van der Waals surface area (Å²) < 4.78 is 15.4. The largest absolute Gasteiger partial charge is 0.497 e. The number of ether oxygens (including phenoxy) is 3. The van der Waals surface area contributed by atoms with Crippen LogP contribution in [0, 0.1) is 5.92 Å². The van der Waals surface area contributed by atoms with Crippen molar-refractivity contribution in [2.45, 2.75) is 45.6 Å². The Bertz CT molecular complexity index is 569. The Morgan fingerprint density at radius 3 is 2.28 bits per heavy atom. The fourth-order valence-corrected chi connectivity index (χ4v) is 2.83. The van der Waals surface area contributed by atoms with Crippen molar-refractivity contribution >= 4 is 11.9 Å². The van der Waals surface area contributed by atoms with E-state index < -0.39 is 12.0 Å². The van der Waals surface area contributed by atoms with Gasteiger partial charge in [0.1, 0.15) is 17.5 Å². The maximum Gasteiger partial charge on any atom is 0.328 e. The number of esters is 1. The fourth-order valence-electron chi connectivity index (χ4n) is 2.83. The minimum atomic E-state index is -0.611. The van der Waals surface area contributed by atoms with Crippen LogP contribution in [0.3, 0.4) is 0 Å². The van der Waals surface area contributed by atoms with Gasteiger partial charge in [0.15, 0.2) is 0 Å². The van der Waals surface area contributed by atoms with Gasteiger partial charge in [0.25, 0.3) is 0 Å². The van der Waals surface area contributed by atoms with E-state index in [9.17, 15) is 9.59 Å². The highest BCUT2D eigenvalue weighted by Crippen LogP contribution is 2.25. The molecule has 0 fully saturated rings. The number of rotatable bonds is 10. The van der Waals surface area contributed by atoms with E-state index in [1.54, 1.807) is 14.2 Å². The van der Waals surface area contributed by atoms with Crippen LogP contribution in [0.4, 0.5) is 0 Å². The summed E-state index contributed by atoms with van der Waals surface area (Å²) in [5, 5.41) is 2.82. The highest BCUT2D eigenvalue weighted by molar-refractivity contribution is 5.84. The van der Waals surface area contributed by atoms with E-state index in [-0.39, 0.29) is 18.2 Å². The van der Waals surface area contributed by atoms with Crippen LogP contribution in [-0.4, -0.2) is 39.2 Å². The van der Waals surface area contributed by atoms with Crippen molar-refractivity contribution in [2.24, 2.45) is 5.92 Å². The molecule has 0 aliphatic heterocycles. The van der Waals surface area contributed by atoms with Gasteiger partial charge >= 0.3 is 5.97 Å². The zero-order valence-electron chi connectivity index (χ0n) is 15.8. The normalized spacial score (nSPS) is 11.8. The van der Waals surface area contributed by atoms with E-state index in [0.717, 1.165) is 18.4 Å². The summed E-state index contributed by atoms with van der Waals surface area (Å²) in [6, 6.07) is 4.86. The van der Waals surface area contributed by atoms with Crippen molar-refractivity contribution in [3.63, 3.8) is 0 Å². The molecule has 6 heteroatoms. The molecular formula is C19H29NO5. The molecule has 0 aliphatic carbocycles. The Labute approximate surface area is 149 Å². The van der Waals surface area contributed by atoms with Gasteiger partial charge in [0.2, 0.25) is 5.91 Å². The SMILES string of the molecule is CCC(CC)[C@H](NC(=O)CCc1cc(OC)ccc1OC)C(=O)OC. The first-order valence-corrected chi connectivity index (χ1v) is 8.58. The number of carbonyl (C=O) groups excluding carboxylic acids is 2. The second-order valence-corrected chi connectivity index (χ2v) is 5.82. The molecule has 25 heavy (non-hydrogen) atoms. The number of hydrogen-bond acceptors (Lipinski definition) is 5. The summed E-state index contributed by atoms with van der Waals surface area (Å²) in [4.78, 5) is 24.3. The molecule has 1 aromatic rings. The molecule has 0 saturated heterocycles. The zero-order chi connectivity index (χ0) is 18.8. The van der Waals surface area contributed by atoms with Gasteiger partial charge in [0, 0.05) is 6.42 Å². The lowest BCUT2D eigenvalue weighted by molar-refractivity contribution is -0.146. The van der Waals surface area contributed by atoms with Gasteiger partial charge in [-0.05, 0) is 36.1 Å². The van der Waals surface area contributed by atoms with Crippen molar-refractivity contribution in [3.8, 4) is 11.5 Å². The minimum Gasteiger partial charge on any atom is -0.497 e. The lowest BCUT2D eigenvalue weighted by Gasteiger charge is -2.24. The van der Waals surface area contributed by atoms with Crippen LogP contribution in [0.15, 0.2) is 18.2 Å². The summed E-state index contributed by atoms with van der Waals surface area (Å²) in [6.07, 6.45) is 2.32. The van der Waals surface area contributed by atoms with E-state index in [2.05, 4.69) is 5.32 Å². The Morgan fingerprint density at radius 1 is 1.08 bits per heavy atom. The van der Waals surface area contributed by atoms with Gasteiger partial charge < -0.3 is 19.5 Å². The average molecular weight is 351 g/mol. The Morgan fingerprint density at radius 2 is 1.76 bits per heavy atom. The van der Waals surface area contributed by atoms with Crippen molar-refractivity contribution in [2.75, 3.05) is 21.3 Å². The molecule has 1 amide bonds. The second kappa shape index (κ2) is 10.6. The summed E-state index contributed by atoms with van der Waals surface area (Å²) in [5.74, 6) is 0.884. The molecule has 0 aliphatic rings. The van der Waals surface area contributed by atoms with Crippen LogP contribution in [0.2, 0.25) is 0 Å². The molecule has 0 saturated carbocycles. The number of carbonyl (C=O) groups is 2. The molecule has 1 atom stereocenters. The molecule has 0 unspecified atom stereocenters. The molecule has 1 rings (SSSR count). The first-order valence-electron chi connectivity index (χ1n) is 8.58. The number of benzene rings is 1. The molecule has 0 heterocycles. The van der Waals surface area contributed by atoms with Crippen LogP contribution >= 0.6 is 0 Å². The predicted octanol–water partition coefficient (Wildman–Crippen LogP) is 2.73. The maximum atomic E-state index is 12.3. The summed E-state index contributed by atoms with van der Waals surface area (Å²) in [5.41, 5.74) is 0.883. The number of hydrogen-bond donors (Lipinski definition) is 1. The fraction of sp³-hybridized carbons (Fsp3) is 0.579. The lowest BCUT2D eigenvalue weighted by Crippen LogP contribution is -2.46. The van der Waals surface area contributed by atoms with Gasteiger partial charge in [-0.2, -0.15) is 0 Å². The predicted molar refractivity (Wildman–Crippen MR) is 95.9 cm³/mol. The standard InChI is InChI=1S/C19H29NO5/c1-6-13(7-2)18(19(22)25-5)20-17(21)11-8-14-12-15(23-3)9-10-16(14)24-4/h9-10,12-13,18H,6-8,11H2,1-5H3,(H,20,21)/t18-/m0/s1. The van der Waals surface area contributed by atoms with E-state index in [1.807, 2.05) is 32.0 Å². The molecule has 6 nitrogen and oxygen atoms in total. The zero-order valence-corrected chi connectivity index (χ0v) is 15.8. The van der Waals surface area contributed by atoms with Gasteiger partial charge in [0.05, 0.1) is 21.3 Å². The van der Waals surface area contributed by atoms with Crippen LogP contribution in [0.1, 0.15) is 38.7 Å². The quantitative estimate of drug-likeness (QED) is 0.656. The van der Waals surface area contributed by atoms with Crippen LogP contribution in [0.5, 0.6) is 11.5 Å². The molecule has 0 aromatic heterocycles. The smallest absolute Gasteiger partial charge is 0.328 e. The summed E-state index contributed by atoms with van der Waals surface area (Å²) >= 11 is 0. The first kappa shape index (κ1) is 20.8. The Balaban J connectivity index is 2.76. The number of amides is 1. The summed E-state index contributed by atoms with van der Waals surface area (Å²) in [6.45, 7) is 3.99. The van der Waals surface area contributed by atoms with Crippen LogP contribution in [-0.2, 0) is 20.7 Å². The van der Waals surface area contributed by atoms with E-state index in [4.69, 9.17) is 14.2 Å². The molecule has 0 bridgehead atoms. The third-order valence-electron chi connectivity index (χ3n) is 4.40. The molecule has 140 valence electrons. The maximum absolute atomic E-state index is 12.3. The van der Waals surface area contributed by atoms with E-state index in [1.165, 1.54) is 7.11 Å². The van der Waals surface area contributed by atoms with Gasteiger partial charge in [-0.1, -0.05) is 26.7 Å². The second-order valence-electron chi connectivity index (χ2n) is 5.82. The molecule has 0 spiro atoms. The van der Waals surface area contributed by atoms with E-state index >= 15 is 0 Å². The third kappa shape index (κ3) is 5.96. The van der Waals surface area contributed by atoms with Crippen molar-refractivity contribution in [1.29, 1.82) is 0 Å². The molecular weight excluding hydrogens is 322 g/mol. The average Bonchev–Trinajstić information content (AvgIpc) is 2.65. The van der Waals surface area contributed by atoms with Crippen molar-refractivity contribution in [3.05, 3.63) is 23.8 Å². The van der Waals surface area contributed by atoms with Gasteiger partial charge in [-0.15, -0.1) is 0 Å². The monoisotopic (exact) mass is 351 g/mol. The Kier molecular flexibility index (Phi) is 8.81. The molecule has 0 radical (unpaired) electrons. The molecule has 1 aromatic carbocycles. The number of nitrogens with one attached hydrogen (secondary N) is 1. The first-order chi connectivity index (χ1) is 12.0. The topological polar surface area (TPSA) is 73.9 Å². The van der Waals surface area contributed by atoms with Gasteiger partial charge in [-0.25, -0.2) is 4.79 Å². The van der Waals surface area contributed by atoms with Crippen molar-refractivity contribution < 1.29 is 23.8 Å². The summed E-state index contributed by atoms with van der Waals surface area (Å²) in [7, 11) is 4.52. The van der Waals surface area contributed by atoms with Gasteiger partial charge in [-0.3, -0.25) is 4.79 Å². The van der Waals surface area contributed by atoms with E-state index in [0.29, 0.717) is 17.9 Å².